The Morgan fingerprint density at radius 3 is 1.86 bits per heavy atom. The van der Waals surface area contributed by atoms with Gasteiger partial charge in [0.15, 0.2) is 5.58 Å². The summed E-state index contributed by atoms with van der Waals surface area (Å²) in [5.74, 6) is 0.634. The van der Waals surface area contributed by atoms with Crippen molar-refractivity contribution in [2.24, 2.45) is 0 Å². The van der Waals surface area contributed by atoms with Crippen LogP contribution in [-0.4, -0.2) is 4.98 Å². The first-order chi connectivity index (χ1) is 24.8. The number of anilines is 3. The van der Waals surface area contributed by atoms with E-state index in [2.05, 4.69) is 157 Å². The normalized spacial score (nSPS) is 11.6. The number of fused-ring (bicyclic) bond motifs is 8. The van der Waals surface area contributed by atoms with Gasteiger partial charge < -0.3 is 9.32 Å². The fourth-order valence-electron chi connectivity index (χ4n) is 7.41. The summed E-state index contributed by atoms with van der Waals surface area (Å²) >= 11 is 0. The molecular weight excluding hydrogens is 609 g/mol. The molecule has 10 rings (SSSR count). The van der Waals surface area contributed by atoms with E-state index in [1.165, 1.54) is 26.9 Å². The first-order valence-electron chi connectivity index (χ1n) is 17.0. The lowest BCUT2D eigenvalue weighted by Gasteiger charge is -2.27. The average Bonchev–Trinajstić information content (AvgIpc) is 3.65. The summed E-state index contributed by atoms with van der Waals surface area (Å²) in [5.41, 5.74) is 8.30. The van der Waals surface area contributed by atoms with Crippen molar-refractivity contribution in [2.45, 2.75) is 0 Å². The van der Waals surface area contributed by atoms with E-state index in [0.29, 0.717) is 5.89 Å². The minimum Gasteiger partial charge on any atom is -0.435 e. The lowest BCUT2D eigenvalue weighted by Crippen LogP contribution is -2.10. The zero-order valence-electron chi connectivity index (χ0n) is 27.1. The maximum Gasteiger partial charge on any atom is 0.227 e. The van der Waals surface area contributed by atoms with Crippen molar-refractivity contribution in [3.63, 3.8) is 0 Å². The first-order valence-corrected chi connectivity index (χ1v) is 17.0. The molecule has 0 aliphatic heterocycles. The predicted octanol–water partition coefficient (Wildman–Crippen LogP) is 13.2. The second-order valence-corrected chi connectivity index (χ2v) is 12.8. The Morgan fingerprint density at radius 1 is 0.380 bits per heavy atom. The highest BCUT2D eigenvalue weighted by molar-refractivity contribution is 6.23. The van der Waals surface area contributed by atoms with Gasteiger partial charge in [0, 0.05) is 33.1 Å². The molecular formula is C47H30N2O. The van der Waals surface area contributed by atoms with Crippen LogP contribution in [0, 0.1) is 0 Å². The van der Waals surface area contributed by atoms with E-state index < -0.39 is 0 Å². The third-order valence-electron chi connectivity index (χ3n) is 9.84. The number of benzene rings is 9. The molecule has 0 N–H and O–H groups in total. The van der Waals surface area contributed by atoms with E-state index >= 15 is 0 Å². The third-order valence-corrected chi connectivity index (χ3v) is 9.84. The van der Waals surface area contributed by atoms with Crippen molar-refractivity contribution >= 4 is 71.3 Å². The van der Waals surface area contributed by atoms with Gasteiger partial charge in [-0.15, -0.1) is 0 Å². The maximum absolute atomic E-state index is 6.49. The first kappa shape index (κ1) is 28.3. The van der Waals surface area contributed by atoms with Crippen LogP contribution in [0.1, 0.15) is 0 Å². The lowest BCUT2D eigenvalue weighted by molar-refractivity contribution is 0.623. The lowest BCUT2D eigenvalue weighted by atomic mass is 9.96. The number of hydrogen-bond acceptors (Lipinski definition) is 3. The topological polar surface area (TPSA) is 29.3 Å². The molecule has 0 atom stereocenters. The van der Waals surface area contributed by atoms with Gasteiger partial charge in [0.25, 0.3) is 0 Å². The van der Waals surface area contributed by atoms with Gasteiger partial charge in [0.1, 0.15) is 5.52 Å². The summed E-state index contributed by atoms with van der Waals surface area (Å²) in [7, 11) is 0. The van der Waals surface area contributed by atoms with Gasteiger partial charge in [0.05, 0.1) is 5.69 Å². The molecule has 9 aromatic carbocycles. The van der Waals surface area contributed by atoms with Crippen molar-refractivity contribution in [3.05, 3.63) is 182 Å². The van der Waals surface area contributed by atoms with Crippen LogP contribution in [0.15, 0.2) is 186 Å². The van der Waals surface area contributed by atoms with Crippen LogP contribution in [-0.2, 0) is 0 Å². The van der Waals surface area contributed by atoms with E-state index in [-0.39, 0.29) is 0 Å². The van der Waals surface area contributed by atoms with Crippen LogP contribution in [0.2, 0.25) is 0 Å². The quantitative estimate of drug-likeness (QED) is 0.176. The Morgan fingerprint density at radius 2 is 1.02 bits per heavy atom. The molecule has 0 bridgehead atoms. The SMILES string of the molecule is c1ccc(-c2nc3c4cc(-c5ccc(N(c6ccc7ccccc7c6)c6cccc7ccccc67)cc5)ccc4c4ccccc4c3o2)cc1. The molecule has 10 aromatic rings. The van der Waals surface area contributed by atoms with E-state index in [0.717, 1.165) is 61.0 Å². The second-order valence-electron chi connectivity index (χ2n) is 12.8. The van der Waals surface area contributed by atoms with E-state index in [1.54, 1.807) is 0 Å². The summed E-state index contributed by atoms with van der Waals surface area (Å²) in [5, 5.41) is 9.35. The summed E-state index contributed by atoms with van der Waals surface area (Å²) < 4.78 is 6.49. The molecule has 0 saturated heterocycles. The van der Waals surface area contributed by atoms with Gasteiger partial charge in [-0.25, -0.2) is 4.98 Å². The Kier molecular flexibility index (Phi) is 6.49. The maximum atomic E-state index is 6.49. The van der Waals surface area contributed by atoms with Crippen LogP contribution in [0.5, 0.6) is 0 Å². The molecule has 3 nitrogen and oxygen atoms in total. The van der Waals surface area contributed by atoms with Crippen LogP contribution in [0.25, 0.3) is 76.8 Å². The fourth-order valence-corrected chi connectivity index (χ4v) is 7.41. The molecule has 1 aromatic heterocycles. The summed E-state index contributed by atoms with van der Waals surface area (Å²) in [4.78, 5) is 7.44. The highest BCUT2D eigenvalue weighted by Gasteiger charge is 2.18. The average molecular weight is 639 g/mol. The van der Waals surface area contributed by atoms with E-state index in [4.69, 9.17) is 9.40 Å². The number of rotatable bonds is 5. The van der Waals surface area contributed by atoms with Crippen LogP contribution < -0.4 is 4.90 Å². The highest BCUT2D eigenvalue weighted by Crippen LogP contribution is 2.42. The van der Waals surface area contributed by atoms with Crippen molar-refractivity contribution < 1.29 is 4.42 Å². The molecule has 0 amide bonds. The van der Waals surface area contributed by atoms with Crippen LogP contribution >= 0.6 is 0 Å². The Hall–Kier alpha value is -6.71. The third kappa shape index (κ3) is 4.63. The molecule has 0 unspecified atom stereocenters. The molecule has 0 aliphatic rings. The predicted molar refractivity (Wildman–Crippen MR) is 210 cm³/mol. The molecule has 0 radical (unpaired) electrons. The van der Waals surface area contributed by atoms with Gasteiger partial charge in [-0.1, -0.05) is 133 Å². The van der Waals surface area contributed by atoms with Gasteiger partial charge in [-0.05, 0) is 86.6 Å². The number of hydrogen-bond donors (Lipinski definition) is 0. The zero-order valence-corrected chi connectivity index (χ0v) is 27.1. The number of aromatic nitrogens is 1. The van der Waals surface area contributed by atoms with Gasteiger partial charge in [-0.2, -0.15) is 0 Å². The molecule has 3 heteroatoms. The Labute approximate surface area is 289 Å². The Balaban J connectivity index is 1.12. The Bertz CT molecular complexity index is 2870. The van der Waals surface area contributed by atoms with Gasteiger partial charge in [-0.3, -0.25) is 0 Å². The summed E-state index contributed by atoms with van der Waals surface area (Å²) in [6.07, 6.45) is 0. The molecule has 0 saturated carbocycles. The molecule has 0 fully saturated rings. The molecule has 234 valence electrons. The van der Waals surface area contributed by atoms with Crippen molar-refractivity contribution in [3.8, 4) is 22.6 Å². The van der Waals surface area contributed by atoms with E-state index in [9.17, 15) is 0 Å². The molecule has 0 aliphatic carbocycles. The van der Waals surface area contributed by atoms with Crippen molar-refractivity contribution in [1.82, 2.24) is 4.98 Å². The highest BCUT2D eigenvalue weighted by atomic mass is 16.3. The van der Waals surface area contributed by atoms with Crippen molar-refractivity contribution in [1.29, 1.82) is 0 Å². The zero-order chi connectivity index (χ0) is 33.0. The number of oxazole rings is 1. The fraction of sp³-hybridized carbons (Fsp3) is 0. The van der Waals surface area contributed by atoms with Crippen LogP contribution in [0.4, 0.5) is 17.1 Å². The summed E-state index contributed by atoms with van der Waals surface area (Å²) in [6.45, 7) is 0. The monoisotopic (exact) mass is 638 g/mol. The molecule has 0 spiro atoms. The van der Waals surface area contributed by atoms with E-state index in [1.807, 2.05) is 30.3 Å². The largest absolute Gasteiger partial charge is 0.435 e. The molecule has 50 heavy (non-hydrogen) atoms. The minimum absolute atomic E-state index is 0.634. The number of nitrogens with zero attached hydrogens (tertiary/aromatic N) is 2. The smallest absolute Gasteiger partial charge is 0.227 e. The second kappa shape index (κ2) is 11.5. The van der Waals surface area contributed by atoms with Gasteiger partial charge in [0.2, 0.25) is 5.89 Å². The van der Waals surface area contributed by atoms with Crippen LogP contribution in [0.3, 0.4) is 0 Å². The molecule has 1 heterocycles. The minimum atomic E-state index is 0.634. The standard InChI is InChI=1S/C47H30N2O/c1-2-13-34(14-3-1)47-48-45-43-30-36(24-28-41(43)40-18-8-9-19-42(40)46(45)50-47)32-21-25-37(26-22-32)49(38-27-23-31-11-4-5-15-35(31)29-38)44-20-10-16-33-12-6-7-17-39(33)44/h1-30H. The van der Waals surface area contributed by atoms with Gasteiger partial charge >= 0.3 is 0 Å². The summed E-state index contributed by atoms with van der Waals surface area (Å²) in [6, 6.07) is 64.6. The van der Waals surface area contributed by atoms with Crippen molar-refractivity contribution in [2.75, 3.05) is 4.90 Å².